The Morgan fingerprint density at radius 3 is 2.94 bits per heavy atom. The fourth-order valence-corrected chi connectivity index (χ4v) is 2.55. The highest BCUT2D eigenvalue weighted by atomic mass is 35.5. The highest BCUT2D eigenvalue weighted by molar-refractivity contribution is 6.29. The van der Waals surface area contributed by atoms with Crippen LogP contribution in [0.3, 0.4) is 0 Å². The molecule has 1 saturated heterocycles. The number of aromatic nitrogens is 2. The lowest BCUT2D eigenvalue weighted by molar-refractivity contribution is 0.205. The molecule has 1 atom stereocenters. The van der Waals surface area contributed by atoms with Crippen molar-refractivity contribution in [3.63, 3.8) is 0 Å². The van der Waals surface area contributed by atoms with Crippen molar-refractivity contribution in [2.75, 3.05) is 19.6 Å². The van der Waals surface area contributed by atoms with Crippen LogP contribution in [0.1, 0.15) is 24.9 Å². The first-order valence-electron chi connectivity index (χ1n) is 6.14. The molecular weight excluding hydrogens is 236 g/mol. The Morgan fingerprint density at radius 2 is 2.35 bits per heavy atom. The van der Waals surface area contributed by atoms with E-state index in [-0.39, 0.29) is 0 Å². The summed E-state index contributed by atoms with van der Waals surface area (Å²) in [5.74, 6) is 0.823. The fraction of sp³-hybridized carbons (Fsp3) is 0.667. The lowest BCUT2D eigenvalue weighted by Gasteiger charge is -2.26. The number of rotatable bonds is 4. The predicted octanol–water partition coefficient (Wildman–Crippen LogP) is 1.62. The van der Waals surface area contributed by atoms with Crippen molar-refractivity contribution in [3.05, 3.63) is 22.7 Å². The van der Waals surface area contributed by atoms with Crippen LogP contribution in [0.4, 0.5) is 0 Å². The summed E-state index contributed by atoms with van der Waals surface area (Å²) in [6.07, 6.45) is 1.20. The van der Waals surface area contributed by atoms with Gasteiger partial charge in [-0.2, -0.15) is 0 Å². The van der Waals surface area contributed by atoms with Gasteiger partial charge in [0.2, 0.25) is 0 Å². The summed E-state index contributed by atoms with van der Waals surface area (Å²) < 4.78 is 0. The minimum atomic E-state index is 0.535. The summed E-state index contributed by atoms with van der Waals surface area (Å²) in [5, 5.41) is 3.92. The second-order valence-corrected chi connectivity index (χ2v) is 4.85. The molecule has 0 aliphatic carbocycles. The highest BCUT2D eigenvalue weighted by Gasteiger charge is 2.21. The minimum absolute atomic E-state index is 0.535. The zero-order valence-electron chi connectivity index (χ0n) is 10.4. The Hall–Kier alpha value is -0.710. The van der Waals surface area contributed by atoms with Crippen LogP contribution in [-0.2, 0) is 6.54 Å². The van der Waals surface area contributed by atoms with E-state index in [1.54, 1.807) is 6.07 Å². The average Bonchev–Trinajstić information content (AvgIpc) is 2.77. The molecule has 0 aromatic carbocycles. The Kier molecular flexibility index (Phi) is 4.31. The van der Waals surface area contributed by atoms with E-state index in [9.17, 15) is 0 Å². The lowest BCUT2D eigenvalue weighted by Crippen LogP contribution is -2.36. The van der Waals surface area contributed by atoms with E-state index in [0.29, 0.717) is 11.2 Å². The van der Waals surface area contributed by atoms with Crippen LogP contribution in [0.25, 0.3) is 0 Å². The first kappa shape index (κ1) is 12.7. The van der Waals surface area contributed by atoms with E-state index in [0.717, 1.165) is 37.7 Å². The number of nitrogens with zero attached hydrogens (tertiary/aromatic N) is 3. The normalized spacial score (nSPS) is 20.1. The van der Waals surface area contributed by atoms with Crippen molar-refractivity contribution >= 4 is 11.6 Å². The molecule has 0 saturated carbocycles. The summed E-state index contributed by atoms with van der Waals surface area (Å²) in [7, 11) is 0. The minimum Gasteiger partial charge on any atom is -0.315 e. The van der Waals surface area contributed by atoms with Crippen molar-refractivity contribution in [1.29, 1.82) is 0 Å². The number of likely N-dealkylation sites (N-methyl/N-ethyl adjacent to an activating group) is 1. The van der Waals surface area contributed by atoms with Crippen molar-refractivity contribution in [2.24, 2.45) is 0 Å². The number of hydrogen-bond donors (Lipinski definition) is 1. The van der Waals surface area contributed by atoms with Gasteiger partial charge in [-0.25, -0.2) is 9.97 Å². The Morgan fingerprint density at radius 1 is 1.53 bits per heavy atom. The van der Waals surface area contributed by atoms with Gasteiger partial charge in [-0.15, -0.1) is 0 Å². The molecular formula is C12H19ClN4. The number of hydrogen-bond acceptors (Lipinski definition) is 4. The predicted molar refractivity (Wildman–Crippen MR) is 69.1 cm³/mol. The smallest absolute Gasteiger partial charge is 0.144 e. The van der Waals surface area contributed by atoms with Gasteiger partial charge in [0.25, 0.3) is 0 Å². The molecule has 1 aromatic rings. The average molecular weight is 255 g/mol. The van der Waals surface area contributed by atoms with Crippen molar-refractivity contribution in [1.82, 2.24) is 20.2 Å². The number of aryl methyl sites for hydroxylation is 1. The van der Waals surface area contributed by atoms with Gasteiger partial charge >= 0.3 is 0 Å². The molecule has 0 bridgehead atoms. The van der Waals surface area contributed by atoms with Crippen LogP contribution >= 0.6 is 11.6 Å². The van der Waals surface area contributed by atoms with Crippen molar-refractivity contribution in [2.45, 2.75) is 32.9 Å². The first-order chi connectivity index (χ1) is 8.19. The highest BCUT2D eigenvalue weighted by Crippen LogP contribution is 2.13. The van der Waals surface area contributed by atoms with Crippen LogP contribution < -0.4 is 5.32 Å². The fourth-order valence-electron chi connectivity index (χ4n) is 2.29. The quantitative estimate of drug-likeness (QED) is 0.830. The maximum Gasteiger partial charge on any atom is 0.144 e. The molecule has 5 heteroatoms. The molecule has 1 aromatic heterocycles. The Balaban J connectivity index is 2.06. The summed E-state index contributed by atoms with van der Waals surface area (Å²) in [4.78, 5) is 11.1. The van der Waals surface area contributed by atoms with E-state index in [1.165, 1.54) is 6.42 Å². The van der Waals surface area contributed by atoms with Crippen LogP contribution in [-0.4, -0.2) is 40.5 Å². The Labute approximate surface area is 107 Å². The molecule has 0 amide bonds. The summed E-state index contributed by atoms with van der Waals surface area (Å²) in [6, 6.07) is 2.39. The van der Waals surface area contributed by atoms with E-state index < -0.39 is 0 Å². The number of halogens is 1. The van der Waals surface area contributed by atoms with E-state index in [2.05, 4.69) is 27.1 Å². The van der Waals surface area contributed by atoms with Crippen LogP contribution in [0.2, 0.25) is 5.15 Å². The maximum atomic E-state index is 5.95. The second kappa shape index (κ2) is 5.76. The largest absolute Gasteiger partial charge is 0.315 e. The molecule has 1 fully saturated rings. The zero-order valence-corrected chi connectivity index (χ0v) is 11.2. The third-order valence-electron chi connectivity index (χ3n) is 3.17. The molecule has 1 aliphatic rings. The van der Waals surface area contributed by atoms with E-state index >= 15 is 0 Å². The summed E-state index contributed by atoms with van der Waals surface area (Å²) >= 11 is 5.95. The van der Waals surface area contributed by atoms with Gasteiger partial charge in [0.05, 0.1) is 6.54 Å². The molecule has 17 heavy (non-hydrogen) atoms. The van der Waals surface area contributed by atoms with Gasteiger partial charge in [0.15, 0.2) is 0 Å². The van der Waals surface area contributed by atoms with Gasteiger partial charge in [-0.05, 0) is 32.5 Å². The molecule has 94 valence electrons. The monoisotopic (exact) mass is 254 g/mol. The van der Waals surface area contributed by atoms with E-state index in [1.807, 2.05) is 6.92 Å². The molecule has 1 aliphatic heterocycles. The molecule has 1 unspecified atom stereocenters. The Bertz CT molecular complexity index is 357. The number of nitrogens with one attached hydrogen (secondary N) is 1. The van der Waals surface area contributed by atoms with Gasteiger partial charge in [0, 0.05) is 18.3 Å². The van der Waals surface area contributed by atoms with Crippen LogP contribution in [0.15, 0.2) is 6.07 Å². The molecule has 2 heterocycles. The lowest BCUT2D eigenvalue weighted by atomic mass is 10.2. The van der Waals surface area contributed by atoms with Gasteiger partial charge < -0.3 is 5.32 Å². The molecule has 0 radical (unpaired) electrons. The second-order valence-electron chi connectivity index (χ2n) is 4.46. The zero-order chi connectivity index (χ0) is 12.3. The van der Waals surface area contributed by atoms with Crippen molar-refractivity contribution in [3.8, 4) is 0 Å². The van der Waals surface area contributed by atoms with Crippen LogP contribution in [0.5, 0.6) is 0 Å². The molecule has 4 nitrogen and oxygen atoms in total. The maximum absolute atomic E-state index is 5.95. The molecule has 1 N–H and O–H groups in total. The third kappa shape index (κ3) is 3.37. The van der Waals surface area contributed by atoms with Gasteiger partial charge in [-0.3, -0.25) is 4.90 Å². The van der Waals surface area contributed by atoms with E-state index in [4.69, 9.17) is 11.6 Å². The first-order valence-corrected chi connectivity index (χ1v) is 6.51. The molecule has 0 spiro atoms. The molecule has 2 rings (SSSR count). The van der Waals surface area contributed by atoms with Crippen LogP contribution in [0, 0.1) is 6.92 Å². The standard InChI is InChI=1S/C12H19ClN4/c1-3-17(10-4-5-14-7-10)8-12-15-9(2)6-11(13)16-12/h6,10,14H,3-5,7-8H2,1-2H3. The van der Waals surface area contributed by atoms with Crippen molar-refractivity contribution < 1.29 is 0 Å². The summed E-state index contributed by atoms with van der Waals surface area (Å²) in [6.45, 7) is 8.09. The topological polar surface area (TPSA) is 41.1 Å². The van der Waals surface area contributed by atoms with Gasteiger partial charge in [-0.1, -0.05) is 18.5 Å². The third-order valence-corrected chi connectivity index (χ3v) is 3.36. The summed E-state index contributed by atoms with van der Waals surface area (Å²) in [5.41, 5.74) is 0.931. The van der Waals surface area contributed by atoms with Gasteiger partial charge in [0.1, 0.15) is 11.0 Å². The SMILES string of the molecule is CCN(Cc1nc(C)cc(Cl)n1)C1CCNC1.